The Balaban J connectivity index is 2.50. The Morgan fingerprint density at radius 3 is 2.69 bits per heavy atom. The number of nitrogens with one attached hydrogen (secondary N) is 2. The Kier molecular flexibility index (Phi) is 11.6. The van der Waals surface area contributed by atoms with E-state index in [-0.39, 0.29) is 5.82 Å². The second-order valence-electron chi connectivity index (χ2n) is 6.24. The second kappa shape index (κ2) is 13.5. The molecule has 0 bridgehead atoms. The van der Waals surface area contributed by atoms with Crippen molar-refractivity contribution in [3.63, 3.8) is 0 Å². The van der Waals surface area contributed by atoms with E-state index >= 15 is 0 Å². The summed E-state index contributed by atoms with van der Waals surface area (Å²) in [7, 11) is 5.52. The van der Waals surface area contributed by atoms with Crippen LogP contribution in [0.3, 0.4) is 0 Å². The minimum atomic E-state index is -0.176. The molecular weight excluding hydrogens is 335 g/mol. The molecule has 1 aromatic carbocycles. The van der Waals surface area contributed by atoms with Crippen LogP contribution < -0.4 is 10.6 Å². The first-order chi connectivity index (χ1) is 12.6. The van der Waals surface area contributed by atoms with Gasteiger partial charge in [-0.15, -0.1) is 0 Å². The smallest absolute Gasteiger partial charge is 0.191 e. The number of rotatable bonds is 12. The van der Waals surface area contributed by atoms with Gasteiger partial charge in [-0.2, -0.15) is 0 Å². The fraction of sp³-hybridized carbons (Fsp3) is 0.632. The predicted molar refractivity (Wildman–Crippen MR) is 104 cm³/mol. The molecule has 7 heteroatoms. The Morgan fingerprint density at radius 1 is 1.19 bits per heavy atom. The van der Waals surface area contributed by atoms with Crippen LogP contribution >= 0.6 is 0 Å². The van der Waals surface area contributed by atoms with Gasteiger partial charge >= 0.3 is 0 Å². The normalized spacial score (nSPS) is 11.8. The number of ether oxygens (including phenoxy) is 2. The number of nitrogens with zero attached hydrogens (tertiary/aromatic N) is 2. The first-order valence-electron chi connectivity index (χ1n) is 9.07. The third-order valence-electron chi connectivity index (χ3n) is 3.55. The van der Waals surface area contributed by atoms with Gasteiger partial charge in [0.2, 0.25) is 0 Å². The Hall–Kier alpha value is -1.70. The van der Waals surface area contributed by atoms with E-state index in [0.717, 1.165) is 31.0 Å². The van der Waals surface area contributed by atoms with E-state index in [4.69, 9.17) is 9.47 Å². The maximum atomic E-state index is 13.9. The summed E-state index contributed by atoms with van der Waals surface area (Å²) in [6.07, 6.45) is 0.887. The van der Waals surface area contributed by atoms with Crippen molar-refractivity contribution in [3.8, 4) is 0 Å². The highest BCUT2D eigenvalue weighted by Crippen LogP contribution is 2.13. The van der Waals surface area contributed by atoms with Crippen LogP contribution in [-0.2, 0) is 22.6 Å². The lowest BCUT2D eigenvalue weighted by molar-refractivity contribution is 0.0698. The molecule has 1 aromatic rings. The molecule has 1 rings (SSSR count). The first kappa shape index (κ1) is 22.3. The molecule has 0 unspecified atom stereocenters. The summed E-state index contributed by atoms with van der Waals surface area (Å²) in [4.78, 5) is 6.53. The first-order valence-corrected chi connectivity index (χ1v) is 9.07. The highest BCUT2D eigenvalue weighted by molar-refractivity contribution is 5.79. The average molecular weight is 368 g/mol. The van der Waals surface area contributed by atoms with Gasteiger partial charge in [-0.25, -0.2) is 9.38 Å². The standard InChI is InChI=1S/C19H33FN4O2/c1-5-21-19(22-9-6-10-26-12-11-25-4)23-14-16-7-8-18(20)17(13-16)15-24(2)3/h7-8,13H,5-6,9-12,14-15H2,1-4H3,(H2,21,22,23). The van der Waals surface area contributed by atoms with Gasteiger partial charge in [0.05, 0.1) is 19.8 Å². The van der Waals surface area contributed by atoms with Gasteiger partial charge in [-0.3, -0.25) is 0 Å². The number of hydrogen-bond donors (Lipinski definition) is 2. The fourth-order valence-electron chi connectivity index (χ4n) is 2.33. The van der Waals surface area contributed by atoms with E-state index in [1.54, 1.807) is 13.2 Å². The van der Waals surface area contributed by atoms with Crippen molar-refractivity contribution < 1.29 is 13.9 Å². The fourth-order valence-corrected chi connectivity index (χ4v) is 2.33. The summed E-state index contributed by atoms with van der Waals surface area (Å²) in [5.41, 5.74) is 1.68. The molecule has 0 saturated heterocycles. The molecule has 0 radical (unpaired) electrons. The highest BCUT2D eigenvalue weighted by Gasteiger charge is 2.05. The van der Waals surface area contributed by atoms with E-state index in [2.05, 4.69) is 15.6 Å². The van der Waals surface area contributed by atoms with Crippen LogP contribution in [0.4, 0.5) is 4.39 Å². The molecule has 0 heterocycles. The van der Waals surface area contributed by atoms with Crippen molar-refractivity contribution in [2.45, 2.75) is 26.4 Å². The maximum Gasteiger partial charge on any atom is 0.191 e. The van der Waals surface area contributed by atoms with Crippen molar-refractivity contribution in [1.82, 2.24) is 15.5 Å². The van der Waals surface area contributed by atoms with Crippen molar-refractivity contribution in [3.05, 3.63) is 35.1 Å². The molecule has 0 aromatic heterocycles. The Bertz CT molecular complexity index is 538. The molecule has 6 nitrogen and oxygen atoms in total. The zero-order valence-electron chi connectivity index (χ0n) is 16.5. The van der Waals surface area contributed by atoms with Crippen LogP contribution in [0.2, 0.25) is 0 Å². The summed E-state index contributed by atoms with van der Waals surface area (Å²) in [5.74, 6) is 0.577. The average Bonchev–Trinajstić information content (AvgIpc) is 2.60. The molecule has 0 amide bonds. The highest BCUT2D eigenvalue weighted by atomic mass is 19.1. The topological polar surface area (TPSA) is 58.1 Å². The van der Waals surface area contributed by atoms with Crippen LogP contribution in [-0.4, -0.2) is 65.0 Å². The van der Waals surface area contributed by atoms with Crippen LogP contribution in [0.25, 0.3) is 0 Å². The molecule has 0 aliphatic carbocycles. The van der Waals surface area contributed by atoms with Gasteiger partial charge in [0, 0.05) is 38.9 Å². The number of hydrogen-bond acceptors (Lipinski definition) is 4. The van der Waals surface area contributed by atoms with Crippen LogP contribution in [0.1, 0.15) is 24.5 Å². The Labute approximate surface area is 156 Å². The molecule has 26 heavy (non-hydrogen) atoms. The zero-order chi connectivity index (χ0) is 19.2. The molecule has 0 aliphatic heterocycles. The maximum absolute atomic E-state index is 13.9. The summed E-state index contributed by atoms with van der Waals surface area (Å²) in [6, 6.07) is 5.18. The summed E-state index contributed by atoms with van der Waals surface area (Å²) in [6.45, 7) is 6.57. The van der Waals surface area contributed by atoms with Crippen LogP contribution in [0, 0.1) is 5.82 Å². The molecule has 148 valence electrons. The minimum Gasteiger partial charge on any atom is -0.382 e. The second-order valence-corrected chi connectivity index (χ2v) is 6.24. The largest absolute Gasteiger partial charge is 0.382 e. The SMILES string of the molecule is CCNC(=NCc1ccc(F)c(CN(C)C)c1)NCCCOCCOC. The molecule has 0 saturated carbocycles. The Morgan fingerprint density at radius 2 is 2.00 bits per heavy atom. The van der Waals surface area contributed by atoms with Crippen molar-refractivity contribution in [1.29, 1.82) is 0 Å². The van der Waals surface area contributed by atoms with Gasteiger partial charge in [0.15, 0.2) is 5.96 Å². The lowest BCUT2D eigenvalue weighted by atomic mass is 10.1. The molecule has 0 atom stereocenters. The number of methoxy groups -OCH3 is 1. The van der Waals surface area contributed by atoms with E-state index in [9.17, 15) is 4.39 Å². The number of aliphatic imine (C=N–C) groups is 1. The van der Waals surface area contributed by atoms with Gasteiger partial charge in [-0.05, 0) is 45.1 Å². The van der Waals surface area contributed by atoms with E-state index in [1.807, 2.05) is 32.0 Å². The summed E-state index contributed by atoms with van der Waals surface area (Å²) >= 11 is 0. The van der Waals surface area contributed by atoms with E-state index in [0.29, 0.717) is 38.5 Å². The van der Waals surface area contributed by atoms with Crippen molar-refractivity contribution >= 4 is 5.96 Å². The lowest BCUT2D eigenvalue weighted by Crippen LogP contribution is -2.38. The summed E-state index contributed by atoms with van der Waals surface area (Å²) in [5, 5.41) is 6.50. The molecule has 0 spiro atoms. The van der Waals surface area contributed by atoms with Crippen molar-refractivity contribution in [2.75, 3.05) is 54.1 Å². The predicted octanol–water partition coefficient (Wildman–Crippen LogP) is 2.00. The van der Waals surface area contributed by atoms with E-state index in [1.165, 1.54) is 6.07 Å². The molecule has 0 fully saturated rings. The molecular formula is C19H33FN4O2. The lowest BCUT2D eigenvalue weighted by Gasteiger charge is -2.13. The van der Waals surface area contributed by atoms with Gasteiger partial charge in [-0.1, -0.05) is 6.07 Å². The number of halogens is 1. The quantitative estimate of drug-likeness (QED) is 0.336. The van der Waals surface area contributed by atoms with Gasteiger partial charge in [0.25, 0.3) is 0 Å². The third-order valence-corrected chi connectivity index (χ3v) is 3.55. The minimum absolute atomic E-state index is 0.176. The van der Waals surface area contributed by atoms with Crippen LogP contribution in [0.15, 0.2) is 23.2 Å². The van der Waals surface area contributed by atoms with Crippen LogP contribution in [0.5, 0.6) is 0 Å². The number of benzene rings is 1. The molecule has 0 aliphatic rings. The monoisotopic (exact) mass is 368 g/mol. The number of guanidine groups is 1. The van der Waals surface area contributed by atoms with Crippen molar-refractivity contribution in [2.24, 2.45) is 4.99 Å². The van der Waals surface area contributed by atoms with E-state index < -0.39 is 0 Å². The zero-order valence-corrected chi connectivity index (χ0v) is 16.5. The van der Waals surface area contributed by atoms with Gasteiger partial charge < -0.3 is 25.0 Å². The molecule has 2 N–H and O–H groups in total. The van der Waals surface area contributed by atoms with Gasteiger partial charge in [0.1, 0.15) is 5.82 Å². The third kappa shape index (κ3) is 9.70. The summed E-state index contributed by atoms with van der Waals surface area (Å²) < 4.78 is 24.2.